The Bertz CT molecular complexity index is 716. The summed E-state index contributed by atoms with van der Waals surface area (Å²) in [5, 5.41) is 0. The van der Waals surface area contributed by atoms with Crippen LogP contribution in [0.15, 0.2) is 39.0 Å². The average molecular weight is 379 g/mol. The molecule has 0 aliphatic rings. The van der Waals surface area contributed by atoms with Crippen LogP contribution in [-0.2, 0) is 23.1 Å². The van der Waals surface area contributed by atoms with E-state index in [0.29, 0.717) is 0 Å². The van der Waals surface area contributed by atoms with Crippen molar-refractivity contribution in [3.8, 4) is 0 Å². The zero-order valence-corrected chi connectivity index (χ0v) is 13.5. The molecule has 2 aromatic rings. The van der Waals surface area contributed by atoms with Gasteiger partial charge in [-0.2, -0.15) is 0 Å². The summed E-state index contributed by atoms with van der Waals surface area (Å²) < 4.78 is 40.9. The first-order chi connectivity index (χ1) is 9.42. The highest BCUT2D eigenvalue weighted by Gasteiger charge is 2.16. The molecule has 0 aliphatic heterocycles. The molecule has 0 atom stereocenters. The number of nitrogens with two attached hydrogens (primary N) is 1. The van der Waals surface area contributed by atoms with E-state index in [0.717, 1.165) is 14.7 Å². The zero-order valence-electron chi connectivity index (χ0n) is 10.3. The first-order valence-corrected chi connectivity index (χ1v) is 8.74. The highest BCUT2D eigenvalue weighted by atomic mass is 79.9. The molecule has 1 aromatic carbocycles. The fourth-order valence-electron chi connectivity index (χ4n) is 1.57. The average Bonchev–Trinajstić information content (AvgIpc) is 2.83. The summed E-state index contributed by atoms with van der Waals surface area (Å²) in [6.45, 7) is 0.140. The molecule has 0 unspecified atom stereocenters. The monoisotopic (exact) mass is 378 g/mol. The Balaban J connectivity index is 2.17. The Morgan fingerprint density at radius 1 is 1.30 bits per heavy atom. The van der Waals surface area contributed by atoms with Gasteiger partial charge in [-0.15, -0.1) is 11.3 Å². The topological polar surface area (TPSA) is 72.2 Å². The molecule has 0 aliphatic carbocycles. The molecule has 1 aromatic heterocycles. The SMILES string of the molecule is NCc1cc(S(=O)(=O)NCc2ccc(Br)s2)ccc1F. The first kappa shape index (κ1) is 15.6. The number of hydrogen-bond acceptors (Lipinski definition) is 4. The van der Waals surface area contributed by atoms with Crippen LogP contribution in [0.3, 0.4) is 0 Å². The van der Waals surface area contributed by atoms with Gasteiger partial charge >= 0.3 is 0 Å². The molecule has 0 bridgehead atoms. The summed E-state index contributed by atoms with van der Waals surface area (Å²) in [4.78, 5) is 0.886. The van der Waals surface area contributed by atoms with Gasteiger partial charge in [0.05, 0.1) is 8.68 Å². The fourth-order valence-corrected chi connectivity index (χ4v) is 4.14. The lowest BCUT2D eigenvalue weighted by molar-refractivity contribution is 0.579. The largest absolute Gasteiger partial charge is 0.326 e. The first-order valence-electron chi connectivity index (χ1n) is 5.65. The van der Waals surface area contributed by atoms with Crippen LogP contribution in [0.4, 0.5) is 4.39 Å². The molecule has 1 heterocycles. The number of nitrogens with one attached hydrogen (secondary N) is 1. The van der Waals surface area contributed by atoms with Crippen molar-refractivity contribution in [2.24, 2.45) is 5.73 Å². The van der Waals surface area contributed by atoms with Gasteiger partial charge < -0.3 is 5.73 Å². The van der Waals surface area contributed by atoms with Gasteiger partial charge in [-0.25, -0.2) is 17.5 Å². The van der Waals surface area contributed by atoms with Gasteiger partial charge in [0.2, 0.25) is 10.0 Å². The Morgan fingerprint density at radius 2 is 2.05 bits per heavy atom. The van der Waals surface area contributed by atoms with Crippen molar-refractivity contribution in [1.29, 1.82) is 0 Å². The van der Waals surface area contributed by atoms with Gasteiger partial charge in [0.1, 0.15) is 5.82 Å². The number of sulfonamides is 1. The van der Waals surface area contributed by atoms with Crippen LogP contribution in [0.2, 0.25) is 0 Å². The van der Waals surface area contributed by atoms with E-state index in [2.05, 4.69) is 20.7 Å². The molecule has 0 radical (unpaired) electrons. The number of benzene rings is 1. The summed E-state index contributed by atoms with van der Waals surface area (Å²) in [5.41, 5.74) is 5.54. The van der Waals surface area contributed by atoms with E-state index in [4.69, 9.17) is 5.73 Å². The number of hydrogen-bond donors (Lipinski definition) is 2. The smallest absolute Gasteiger partial charge is 0.240 e. The van der Waals surface area contributed by atoms with Gasteiger partial charge in [0, 0.05) is 23.5 Å². The lowest BCUT2D eigenvalue weighted by atomic mass is 10.2. The minimum Gasteiger partial charge on any atom is -0.326 e. The second-order valence-corrected chi connectivity index (χ2v) is 8.30. The van der Waals surface area contributed by atoms with E-state index in [1.165, 1.54) is 23.5 Å². The molecule has 4 nitrogen and oxygen atoms in total. The van der Waals surface area contributed by atoms with Crippen LogP contribution in [0, 0.1) is 5.82 Å². The van der Waals surface area contributed by atoms with Crippen LogP contribution in [0.25, 0.3) is 0 Å². The zero-order chi connectivity index (χ0) is 14.8. The van der Waals surface area contributed by atoms with Gasteiger partial charge in [-0.1, -0.05) is 0 Å². The second kappa shape index (κ2) is 6.31. The van der Waals surface area contributed by atoms with Gasteiger partial charge in [-0.05, 0) is 46.3 Å². The van der Waals surface area contributed by atoms with Gasteiger partial charge in [-0.3, -0.25) is 0 Å². The molecule has 108 valence electrons. The molecule has 0 fully saturated rings. The maximum absolute atomic E-state index is 13.3. The maximum Gasteiger partial charge on any atom is 0.240 e. The highest BCUT2D eigenvalue weighted by Crippen LogP contribution is 2.22. The summed E-state index contributed by atoms with van der Waals surface area (Å²) in [5.74, 6) is -0.506. The molecule has 3 N–H and O–H groups in total. The summed E-state index contributed by atoms with van der Waals surface area (Å²) in [7, 11) is -3.68. The Hall–Kier alpha value is -0.800. The van der Waals surface area contributed by atoms with E-state index in [-0.39, 0.29) is 23.5 Å². The molecule has 20 heavy (non-hydrogen) atoms. The Labute approximate surface area is 129 Å². The second-order valence-electron chi connectivity index (χ2n) is 3.99. The maximum atomic E-state index is 13.3. The van der Waals surface area contributed by atoms with Crippen LogP contribution in [0.5, 0.6) is 0 Å². The third-order valence-electron chi connectivity index (χ3n) is 2.61. The van der Waals surface area contributed by atoms with Crippen LogP contribution in [-0.4, -0.2) is 8.42 Å². The predicted octanol–water partition coefficient (Wildman–Crippen LogP) is 2.59. The molecule has 0 saturated heterocycles. The van der Waals surface area contributed by atoms with Crippen LogP contribution in [0.1, 0.15) is 10.4 Å². The van der Waals surface area contributed by atoms with Crippen molar-refractivity contribution in [3.05, 3.63) is 50.4 Å². The molecule has 0 amide bonds. The van der Waals surface area contributed by atoms with Crippen molar-refractivity contribution in [1.82, 2.24) is 4.72 Å². The minimum absolute atomic E-state index is 0.00923. The molecule has 2 rings (SSSR count). The third kappa shape index (κ3) is 3.64. The molecule has 8 heteroatoms. The molecular formula is C12H12BrFN2O2S2. The van der Waals surface area contributed by atoms with E-state index >= 15 is 0 Å². The number of halogens is 2. The Kier molecular flexibility index (Phi) is 4.92. The van der Waals surface area contributed by atoms with Gasteiger partial charge in [0.25, 0.3) is 0 Å². The van der Waals surface area contributed by atoms with Gasteiger partial charge in [0.15, 0.2) is 0 Å². The van der Waals surface area contributed by atoms with Crippen molar-refractivity contribution < 1.29 is 12.8 Å². The molecular weight excluding hydrogens is 367 g/mol. The van der Waals surface area contributed by atoms with E-state index in [1.54, 1.807) is 0 Å². The summed E-state index contributed by atoms with van der Waals surface area (Å²) in [6, 6.07) is 7.26. The van der Waals surface area contributed by atoms with Crippen LogP contribution < -0.4 is 10.5 Å². The number of rotatable bonds is 5. The van der Waals surface area contributed by atoms with E-state index < -0.39 is 15.8 Å². The quantitative estimate of drug-likeness (QED) is 0.839. The van der Waals surface area contributed by atoms with Crippen molar-refractivity contribution >= 4 is 37.3 Å². The lowest BCUT2D eigenvalue weighted by Crippen LogP contribution is -2.23. The van der Waals surface area contributed by atoms with Crippen molar-refractivity contribution in [3.63, 3.8) is 0 Å². The summed E-state index contributed by atoms with van der Waals surface area (Å²) in [6.07, 6.45) is 0. The van der Waals surface area contributed by atoms with E-state index in [1.807, 2.05) is 12.1 Å². The minimum atomic E-state index is -3.68. The Morgan fingerprint density at radius 3 is 2.65 bits per heavy atom. The predicted molar refractivity (Wildman–Crippen MR) is 80.3 cm³/mol. The van der Waals surface area contributed by atoms with Crippen molar-refractivity contribution in [2.45, 2.75) is 18.0 Å². The molecule has 0 spiro atoms. The lowest BCUT2D eigenvalue weighted by Gasteiger charge is -2.07. The third-order valence-corrected chi connectivity index (χ3v) is 5.64. The number of thiophene rings is 1. The standard InChI is InChI=1S/C12H12BrFN2O2S2/c13-12-4-1-9(19-12)7-16-20(17,18)10-2-3-11(14)8(5-10)6-15/h1-5,16H,6-7,15H2. The normalized spacial score (nSPS) is 11.8. The van der Waals surface area contributed by atoms with Crippen LogP contribution >= 0.6 is 27.3 Å². The van der Waals surface area contributed by atoms with E-state index in [9.17, 15) is 12.8 Å². The highest BCUT2D eigenvalue weighted by molar-refractivity contribution is 9.11. The molecule has 0 saturated carbocycles. The fraction of sp³-hybridized carbons (Fsp3) is 0.167. The van der Waals surface area contributed by atoms with Crippen molar-refractivity contribution in [2.75, 3.05) is 0 Å². The summed E-state index contributed by atoms with van der Waals surface area (Å²) >= 11 is 4.75.